The fourth-order valence-corrected chi connectivity index (χ4v) is 3.40. The normalized spacial score (nSPS) is 21.2. The molecule has 1 saturated carbocycles. The largest absolute Gasteiger partial charge is 0.368 e. The maximum absolute atomic E-state index is 12.6. The second kappa shape index (κ2) is 6.77. The minimum absolute atomic E-state index is 0.0534. The summed E-state index contributed by atoms with van der Waals surface area (Å²) >= 11 is 5.93. The third kappa shape index (κ3) is 3.41. The molecule has 0 unspecified atom stereocenters. The van der Waals surface area contributed by atoms with Crippen molar-refractivity contribution in [3.05, 3.63) is 46.6 Å². The van der Waals surface area contributed by atoms with Crippen LogP contribution in [-0.4, -0.2) is 29.2 Å². The van der Waals surface area contributed by atoms with E-state index in [1.807, 2.05) is 24.3 Å². The van der Waals surface area contributed by atoms with Crippen molar-refractivity contribution in [2.45, 2.75) is 43.6 Å². The lowest BCUT2D eigenvalue weighted by Crippen LogP contribution is -2.36. The van der Waals surface area contributed by atoms with Crippen molar-refractivity contribution >= 4 is 17.5 Å². The summed E-state index contributed by atoms with van der Waals surface area (Å²) in [5.41, 5.74) is 0.625. The zero-order valence-corrected chi connectivity index (χ0v) is 14.6. The lowest BCUT2D eigenvalue weighted by molar-refractivity contribution is -0.123. The molecule has 0 bridgehead atoms. The van der Waals surface area contributed by atoms with Crippen LogP contribution in [0.5, 0.6) is 0 Å². The lowest BCUT2D eigenvalue weighted by atomic mass is 9.95. The molecule has 1 aromatic carbocycles. The molecule has 6 nitrogen and oxygen atoms in total. The van der Waals surface area contributed by atoms with Gasteiger partial charge in [-0.05, 0) is 43.4 Å². The van der Waals surface area contributed by atoms with Gasteiger partial charge in [-0.15, -0.1) is 0 Å². The number of nitrogens with zero attached hydrogens (tertiary/aromatic N) is 2. The zero-order chi connectivity index (χ0) is 17.3. The minimum Gasteiger partial charge on any atom is -0.368 e. The molecular formula is C18H20ClN3O3. The summed E-state index contributed by atoms with van der Waals surface area (Å²) in [6, 6.07) is 7.52. The molecule has 4 rings (SSSR count). The number of rotatable bonds is 6. The van der Waals surface area contributed by atoms with Crippen molar-refractivity contribution in [2.75, 3.05) is 13.2 Å². The van der Waals surface area contributed by atoms with E-state index >= 15 is 0 Å². The smallest absolute Gasteiger partial charge is 0.255 e. The van der Waals surface area contributed by atoms with Gasteiger partial charge < -0.3 is 14.6 Å². The van der Waals surface area contributed by atoms with Gasteiger partial charge in [-0.2, -0.15) is 4.98 Å². The SMILES string of the molecule is O=C(NCCc1noc([C@H]2CCCO2)n1)C1(c2ccc(Cl)cc2)CC1. The van der Waals surface area contributed by atoms with Crippen LogP contribution in [0.1, 0.15) is 49.1 Å². The predicted octanol–water partition coefficient (Wildman–Crippen LogP) is 2.97. The molecule has 1 atom stereocenters. The van der Waals surface area contributed by atoms with Crippen LogP contribution in [0.3, 0.4) is 0 Å². The topological polar surface area (TPSA) is 77.2 Å². The highest BCUT2D eigenvalue weighted by Gasteiger charge is 2.50. The summed E-state index contributed by atoms with van der Waals surface area (Å²) in [7, 11) is 0. The van der Waals surface area contributed by atoms with Crippen molar-refractivity contribution in [3.8, 4) is 0 Å². The van der Waals surface area contributed by atoms with E-state index in [4.69, 9.17) is 20.9 Å². The Morgan fingerprint density at radius 1 is 1.32 bits per heavy atom. The number of carbonyl (C=O) groups is 1. The van der Waals surface area contributed by atoms with Crippen molar-refractivity contribution < 1.29 is 14.1 Å². The molecule has 2 aliphatic rings. The van der Waals surface area contributed by atoms with Crippen LogP contribution in [0.25, 0.3) is 0 Å². The predicted molar refractivity (Wildman–Crippen MR) is 91.3 cm³/mol. The molecule has 2 heterocycles. The van der Waals surface area contributed by atoms with E-state index in [-0.39, 0.29) is 12.0 Å². The van der Waals surface area contributed by atoms with Gasteiger partial charge >= 0.3 is 0 Å². The van der Waals surface area contributed by atoms with E-state index in [0.717, 1.165) is 37.9 Å². The molecule has 0 spiro atoms. The Kier molecular flexibility index (Phi) is 4.48. The maximum atomic E-state index is 12.6. The Hall–Kier alpha value is -1.92. The highest BCUT2D eigenvalue weighted by Crippen LogP contribution is 2.48. The second-order valence-corrected chi connectivity index (χ2v) is 7.08. The van der Waals surface area contributed by atoms with Gasteiger partial charge in [-0.25, -0.2) is 0 Å². The van der Waals surface area contributed by atoms with Gasteiger partial charge in [-0.3, -0.25) is 4.79 Å². The molecule has 0 radical (unpaired) electrons. The van der Waals surface area contributed by atoms with Crippen LogP contribution in [-0.2, 0) is 21.4 Å². The first-order valence-electron chi connectivity index (χ1n) is 8.66. The van der Waals surface area contributed by atoms with Crippen LogP contribution < -0.4 is 5.32 Å². The standard InChI is InChI=1S/C18H20ClN3O3/c19-13-5-3-12(4-6-13)18(8-9-18)17(23)20-10-7-15-21-16(25-22-15)14-2-1-11-24-14/h3-6,14H,1-2,7-11H2,(H,20,23)/t14-/m1/s1. The fraction of sp³-hybridized carbons (Fsp3) is 0.500. The summed E-state index contributed by atoms with van der Waals surface area (Å²) in [5, 5.41) is 7.65. The quantitative estimate of drug-likeness (QED) is 0.855. The molecule has 1 aromatic heterocycles. The van der Waals surface area contributed by atoms with Crippen LogP contribution >= 0.6 is 11.6 Å². The summed E-state index contributed by atoms with van der Waals surface area (Å²) in [5.74, 6) is 1.19. The second-order valence-electron chi connectivity index (χ2n) is 6.65. The molecule has 1 amide bonds. The van der Waals surface area contributed by atoms with E-state index in [1.54, 1.807) is 0 Å². The Bertz CT molecular complexity index is 749. The number of ether oxygens (including phenoxy) is 1. The van der Waals surface area contributed by atoms with Gasteiger partial charge in [0.15, 0.2) is 5.82 Å². The number of benzene rings is 1. The Morgan fingerprint density at radius 2 is 2.12 bits per heavy atom. The van der Waals surface area contributed by atoms with Crippen molar-refractivity contribution in [2.24, 2.45) is 0 Å². The molecule has 25 heavy (non-hydrogen) atoms. The Labute approximate surface area is 150 Å². The van der Waals surface area contributed by atoms with Crippen molar-refractivity contribution in [1.29, 1.82) is 0 Å². The molecule has 2 aromatic rings. The van der Waals surface area contributed by atoms with Gasteiger partial charge in [-0.1, -0.05) is 28.9 Å². The van der Waals surface area contributed by atoms with E-state index < -0.39 is 5.41 Å². The molecule has 1 aliphatic carbocycles. The summed E-state index contributed by atoms with van der Waals surface area (Å²) < 4.78 is 10.8. The van der Waals surface area contributed by atoms with Gasteiger partial charge in [0, 0.05) is 24.6 Å². The number of nitrogens with one attached hydrogen (secondary N) is 1. The van der Waals surface area contributed by atoms with Crippen molar-refractivity contribution in [3.63, 3.8) is 0 Å². The Balaban J connectivity index is 1.31. The highest BCUT2D eigenvalue weighted by molar-refractivity contribution is 6.30. The zero-order valence-electron chi connectivity index (χ0n) is 13.8. The average Bonchev–Trinajstić information content (AvgIpc) is 3.04. The summed E-state index contributed by atoms with van der Waals surface area (Å²) in [4.78, 5) is 17.0. The molecular weight excluding hydrogens is 342 g/mol. The van der Waals surface area contributed by atoms with E-state index in [9.17, 15) is 4.79 Å². The summed E-state index contributed by atoms with van der Waals surface area (Å²) in [6.07, 6.45) is 4.14. The molecule has 1 saturated heterocycles. The van der Waals surface area contributed by atoms with Gasteiger partial charge in [0.1, 0.15) is 6.10 Å². The van der Waals surface area contributed by atoms with E-state index in [0.29, 0.717) is 29.7 Å². The molecule has 2 fully saturated rings. The summed E-state index contributed by atoms with van der Waals surface area (Å²) in [6.45, 7) is 1.23. The van der Waals surface area contributed by atoms with Gasteiger partial charge in [0.25, 0.3) is 5.89 Å². The van der Waals surface area contributed by atoms with Crippen molar-refractivity contribution in [1.82, 2.24) is 15.5 Å². The third-order valence-corrected chi connectivity index (χ3v) is 5.16. The maximum Gasteiger partial charge on any atom is 0.255 e. The monoisotopic (exact) mass is 361 g/mol. The van der Waals surface area contributed by atoms with E-state index in [2.05, 4.69) is 15.5 Å². The van der Waals surface area contributed by atoms with Gasteiger partial charge in [0.05, 0.1) is 5.41 Å². The first-order chi connectivity index (χ1) is 12.2. The van der Waals surface area contributed by atoms with Gasteiger partial charge in [0.2, 0.25) is 5.91 Å². The first-order valence-corrected chi connectivity index (χ1v) is 9.04. The van der Waals surface area contributed by atoms with Crippen LogP contribution in [0.15, 0.2) is 28.8 Å². The number of hydrogen-bond donors (Lipinski definition) is 1. The molecule has 1 N–H and O–H groups in total. The number of halogens is 1. The fourth-order valence-electron chi connectivity index (χ4n) is 3.27. The first kappa shape index (κ1) is 16.5. The lowest BCUT2D eigenvalue weighted by Gasteiger charge is -2.15. The molecule has 7 heteroatoms. The number of aromatic nitrogens is 2. The van der Waals surface area contributed by atoms with Crippen LogP contribution in [0.2, 0.25) is 5.02 Å². The molecule has 1 aliphatic heterocycles. The minimum atomic E-state index is -0.398. The van der Waals surface area contributed by atoms with E-state index in [1.165, 1.54) is 0 Å². The number of amides is 1. The van der Waals surface area contributed by atoms with Crippen LogP contribution in [0, 0.1) is 0 Å². The average molecular weight is 362 g/mol. The Morgan fingerprint density at radius 3 is 2.80 bits per heavy atom. The number of carbonyl (C=O) groups excluding carboxylic acids is 1. The third-order valence-electron chi connectivity index (χ3n) is 4.90. The number of hydrogen-bond acceptors (Lipinski definition) is 5. The van der Waals surface area contributed by atoms with Crippen LogP contribution in [0.4, 0.5) is 0 Å². The highest BCUT2D eigenvalue weighted by atomic mass is 35.5. The molecule has 132 valence electrons.